The Balaban J connectivity index is 2.19. The first-order valence-corrected chi connectivity index (χ1v) is 8.46. The Labute approximate surface area is 147 Å². The van der Waals surface area contributed by atoms with Crippen LogP contribution in [-0.2, 0) is 10.0 Å². The Kier molecular flexibility index (Phi) is 5.42. The summed E-state index contributed by atoms with van der Waals surface area (Å²) < 4.78 is 27.4. The molecule has 134 valence electrons. The molecule has 0 saturated heterocycles. The number of rotatable bonds is 6. The molecule has 2 N–H and O–H groups in total. The number of hydrogen-bond donors (Lipinski definition) is 1. The van der Waals surface area contributed by atoms with Gasteiger partial charge in [0.25, 0.3) is 21.4 Å². The van der Waals surface area contributed by atoms with E-state index in [1.807, 2.05) is 0 Å². The molecule has 2 aromatic carbocycles. The predicted octanol–water partition coefficient (Wildman–Crippen LogP) is 2.21. The number of nitrogens with two attached hydrogens (primary N) is 1. The van der Waals surface area contributed by atoms with Crippen molar-refractivity contribution < 1.29 is 18.3 Å². The Morgan fingerprint density at radius 3 is 1.85 bits per heavy atom. The van der Waals surface area contributed by atoms with Crippen molar-refractivity contribution in [2.45, 2.75) is 0 Å². The second-order valence-corrected chi connectivity index (χ2v) is 6.43. The number of hydrogen-bond acceptors (Lipinski definition) is 6. The molecule has 0 heterocycles. The van der Waals surface area contributed by atoms with E-state index < -0.39 is 19.9 Å². The maximum atomic E-state index is 12.0. The topological polar surface area (TPSA) is 159 Å². The van der Waals surface area contributed by atoms with Crippen molar-refractivity contribution in [2.24, 2.45) is 10.1 Å². The highest BCUT2D eigenvalue weighted by Gasteiger charge is 2.09. The zero-order valence-corrected chi connectivity index (χ0v) is 13.9. The summed E-state index contributed by atoms with van der Waals surface area (Å²) >= 11 is 0. The molecule has 0 fully saturated rings. The van der Waals surface area contributed by atoms with Crippen LogP contribution < -0.4 is 5.73 Å². The number of amidine groups is 1. The SMILES string of the molecule is N/C(=N\S(=O)(=O)C=Cc1ccc([N+](=O)[O-])cc1)c1ccc([N+](=O)[O-])cc1. The van der Waals surface area contributed by atoms with Crippen LogP contribution in [0.5, 0.6) is 0 Å². The van der Waals surface area contributed by atoms with Crippen LogP contribution in [0.15, 0.2) is 58.3 Å². The van der Waals surface area contributed by atoms with Gasteiger partial charge in [-0.3, -0.25) is 20.2 Å². The third-order valence-corrected chi connectivity index (χ3v) is 4.07. The van der Waals surface area contributed by atoms with Gasteiger partial charge < -0.3 is 5.73 Å². The van der Waals surface area contributed by atoms with Gasteiger partial charge in [-0.25, -0.2) is 0 Å². The fraction of sp³-hybridized carbons (Fsp3) is 0. The minimum Gasteiger partial charge on any atom is -0.383 e. The van der Waals surface area contributed by atoms with Gasteiger partial charge in [0.1, 0.15) is 5.84 Å². The Morgan fingerprint density at radius 2 is 1.38 bits per heavy atom. The molecule has 0 aromatic heterocycles. The Hall–Kier alpha value is -3.60. The Morgan fingerprint density at radius 1 is 0.923 bits per heavy atom. The summed E-state index contributed by atoms with van der Waals surface area (Å²) in [6.07, 6.45) is 1.21. The summed E-state index contributed by atoms with van der Waals surface area (Å²) in [6, 6.07) is 10.2. The van der Waals surface area contributed by atoms with Gasteiger partial charge in [0.15, 0.2) is 0 Å². The molecule has 10 nitrogen and oxygen atoms in total. The number of benzene rings is 2. The molecule has 2 rings (SSSR count). The fourth-order valence-electron chi connectivity index (χ4n) is 1.85. The van der Waals surface area contributed by atoms with Crippen molar-refractivity contribution in [3.63, 3.8) is 0 Å². The first kappa shape index (κ1) is 18.7. The lowest BCUT2D eigenvalue weighted by Gasteiger charge is -2.00. The molecule has 26 heavy (non-hydrogen) atoms. The third kappa shape index (κ3) is 4.95. The van der Waals surface area contributed by atoms with E-state index in [9.17, 15) is 28.6 Å². The maximum absolute atomic E-state index is 12.0. The minimum absolute atomic E-state index is 0.120. The van der Waals surface area contributed by atoms with E-state index in [0.717, 1.165) is 5.41 Å². The second kappa shape index (κ2) is 7.53. The molecule has 0 radical (unpaired) electrons. The predicted molar refractivity (Wildman–Crippen MR) is 94.9 cm³/mol. The van der Waals surface area contributed by atoms with Gasteiger partial charge in [0, 0.05) is 29.8 Å². The van der Waals surface area contributed by atoms with Crippen LogP contribution in [0.25, 0.3) is 6.08 Å². The van der Waals surface area contributed by atoms with Crippen molar-refractivity contribution in [3.05, 3.63) is 85.3 Å². The molecule has 0 spiro atoms. The van der Waals surface area contributed by atoms with Gasteiger partial charge in [-0.1, -0.05) is 0 Å². The van der Waals surface area contributed by atoms with Gasteiger partial charge in [-0.05, 0) is 35.9 Å². The van der Waals surface area contributed by atoms with Crippen molar-refractivity contribution in [1.82, 2.24) is 0 Å². The largest absolute Gasteiger partial charge is 0.383 e. The number of nitrogens with zero attached hydrogens (tertiary/aromatic N) is 3. The maximum Gasteiger partial charge on any atom is 0.277 e. The Bertz CT molecular complexity index is 995. The van der Waals surface area contributed by atoms with Crippen LogP contribution in [0.1, 0.15) is 11.1 Å². The lowest BCUT2D eigenvalue weighted by atomic mass is 10.2. The normalized spacial score (nSPS) is 12.2. The highest BCUT2D eigenvalue weighted by Crippen LogP contribution is 2.15. The highest BCUT2D eigenvalue weighted by molar-refractivity contribution is 7.93. The molecular formula is C15H12N4O6S. The molecular weight excluding hydrogens is 364 g/mol. The van der Waals surface area contributed by atoms with Crippen LogP contribution >= 0.6 is 0 Å². The van der Waals surface area contributed by atoms with Crippen LogP contribution in [0.2, 0.25) is 0 Å². The number of nitro groups is 2. The molecule has 0 atom stereocenters. The van der Waals surface area contributed by atoms with E-state index in [0.29, 0.717) is 5.56 Å². The molecule has 0 saturated carbocycles. The molecule has 0 bridgehead atoms. The molecule has 2 aromatic rings. The van der Waals surface area contributed by atoms with Gasteiger partial charge in [-0.2, -0.15) is 8.42 Å². The van der Waals surface area contributed by atoms with E-state index in [2.05, 4.69) is 4.40 Å². The van der Waals surface area contributed by atoms with Gasteiger partial charge in [0.2, 0.25) is 0 Å². The molecule has 0 aliphatic carbocycles. The summed E-state index contributed by atoms with van der Waals surface area (Å²) in [5, 5.41) is 22.0. The van der Waals surface area contributed by atoms with E-state index in [4.69, 9.17) is 5.73 Å². The van der Waals surface area contributed by atoms with Crippen molar-refractivity contribution in [2.75, 3.05) is 0 Å². The first-order chi connectivity index (χ1) is 12.2. The summed E-state index contributed by atoms with van der Waals surface area (Å²) in [5.74, 6) is -0.326. The standard InChI is InChI=1S/C15H12N4O6S/c16-15(12-3-7-14(8-4-12)19(22)23)17-26(24,25)10-9-11-1-5-13(6-2-11)18(20)21/h1-10H,(H2,16,17). The first-order valence-electron chi connectivity index (χ1n) is 6.96. The molecule has 0 aliphatic rings. The van der Waals surface area contributed by atoms with Crippen LogP contribution in [0.3, 0.4) is 0 Å². The smallest absolute Gasteiger partial charge is 0.277 e. The molecule has 0 amide bonds. The summed E-state index contributed by atoms with van der Waals surface area (Å²) in [7, 11) is -4.07. The monoisotopic (exact) mass is 376 g/mol. The van der Waals surface area contributed by atoms with Crippen LogP contribution in [0.4, 0.5) is 11.4 Å². The van der Waals surface area contributed by atoms with Crippen molar-refractivity contribution in [1.29, 1.82) is 0 Å². The summed E-state index contributed by atoms with van der Waals surface area (Å²) in [5.41, 5.74) is 5.97. The number of sulfonamides is 1. The molecule has 0 aliphatic heterocycles. The summed E-state index contributed by atoms with van der Waals surface area (Å²) in [6.45, 7) is 0. The van der Waals surface area contributed by atoms with Crippen molar-refractivity contribution >= 4 is 33.3 Å². The van der Waals surface area contributed by atoms with Crippen molar-refractivity contribution in [3.8, 4) is 0 Å². The van der Waals surface area contributed by atoms with E-state index >= 15 is 0 Å². The average Bonchev–Trinajstić information content (AvgIpc) is 2.60. The fourth-order valence-corrected chi connectivity index (χ4v) is 2.62. The molecule has 11 heteroatoms. The van der Waals surface area contributed by atoms with E-state index in [-0.39, 0.29) is 22.8 Å². The van der Waals surface area contributed by atoms with E-state index in [1.165, 1.54) is 54.6 Å². The lowest BCUT2D eigenvalue weighted by molar-refractivity contribution is -0.385. The zero-order chi connectivity index (χ0) is 19.3. The van der Waals surface area contributed by atoms with Gasteiger partial charge >= 0.3 is 0 Å². The van der Waals surface area contributed by atoms with Crippen LogP contribution in [-0.4, -0.2) is 24.1 Å². The summed E-state index contributed by atoms with van der Waals surface area (Å²) in [4.78, 5) is 20.0. The van der Waals surface area contributed by atoms with Crippen LogP contribution in [0, 0.1) is 20.2 Å². The zero-order valence-electron chi connectivity index (χ0n) is 13.1. The number of nitro benzene ring substituents is 2. The highest BCUT2D eigenvalue weighted by atomic mass is 32.2. The van der Waals surface area contributed by atoms with E-state index in [1.54, 1.807) is 0 Å². The number of non-ortho nitro benzene ring substituents is 2. The van der Waals surface area contributed by atoms with Gasteiger partial charge in [0.05, 0.1) is 15.3 Å². The quantitative estimate of drug-likeness (QED) is 0.350. The molecule has 0 unspecified atom stereocenters. The lowest BCUT2D eigenvalue weighted by Crippen LogP contribution is -2.15. The average molecular weight is 376 g/mol. The third-order valence-electron chi connectivity index (χ3n) is 3.14. The van der Waals surface area contributed by atoms with Gasteiger partial charge in [-0.15, -0.1) is 4.40 Å². The second-order valence-electron chi connectivity index (χ2n) is 4.95. The minimum atomic E-state index is -4.07.